The molecule has 10 heteroatoms. The highest BCUT2D eigenvalue weighted by atomic mass is 79.9. The molecular weight excluding hydrogens is 596 g/mol. The molecule has 0 saturated carbocycles. The smallest absolute Gasteiger partial charge is 0.335 e. The van der Waals surface area contributed by atoms with E-state index in [9.17, 15) is 14.4 Å². The molecule has 4 amide bonds. The first-order valence-electron chi connectivity index (χ1n) is 10.8. The van der Waals surface area contributed by atoms with Gasteiger partial charge in [0.15, 0.2) is 11.5 Å². The van der Waals surface area contributed by atoms with E-state index in [2.05, 4.69) is 37.2 Å². The zero-order valence-corrected chi connectivity index (χ0v) is 22.0. The Labute approximate surface area is 223 Å². The molecule has 36 heavy (non-hydrogen) atoms. The van der Waals surface area contributed by atoms with Gasteiger partial charge >= 0.3 is 6.03 Å². The van der Waals surface area contributed by atoms with E-state index in [1.165, 1.54) is 6.08 Å². The van der Waals surface area contributed by atoms with E-state index < -0.39 is 17.8 Å². The van der Waals surface area contributed by atoms with Crippen molar-refractivity contribution in [2.45, 2.75) is 13.5 Å². The highest BCUT2D eigenvalue weighted by molar-refractivity contribution is 9.10. The maximum atomic E-state index is 13.3. The van der Waals surface area contributed by atoms with Crippen molar-refractivity contribution in [3.8, 4) is 17.2 Å². The molecular formula is C26H18Br2N2O6. The van der Waals surface area contributed by atoms with Crippen LogP contribution in [0.15, 0.2) is 69.1 Å². The lowest BCUT2D eigenvalue weighted by Gasteiger charge is -2.27. The lowest BCUT2D eigenvalue weighted by molar-refractivity contribution is -0.122. The normalized spacial score (nSPS) is 15.9. The van der Waals surface area contributed by atoms with E-state index in [4.69, 9.17) is 14.2 Å². The Morgan fingerprint density at radius 1 is 1.00 bits per heavy atom. The van der Waals surface area contributed by atoms with Crippen LogP contribution in [0.4, 0.5) is 10.5 Å². The lowest BCUT2D eigenvalue weighted by atomic mass is 10.1. The van der Waals surface area contributed by atoms with Crippen molar-refractivity contribution >= 4 is 61.5 Å². The number of imide groups is 2. The van der Waals surface area contributed by atoms with Crippen LogP contribution in [0.1, 0.15) is 16.7 Å². The Balaban J connectivity index is 1.45. The summed E-state index contributed by atoms with van der Waals surface area (Å²) in [6, 6.07) is 15.0. The fourth-order valence-electron chi connectivity index (χ4n) is 3.77. The summed E-state index contributed by atoms with van der Waals surface area (Å²) in [5.41, 5.74) is 2.34. The molecule has 0 unspecified atom stereocenters. The average Bonchev–Trinajstić information content (AvgIpc) is 3.31. The third-order valence-corrected chi connectivity index (χ3v) is 6.99. The summed E-state index contributed by atoms with van der Waals surface area (Å²) in [5.74, 6) is 0.261. The van der Waals surface area contributed by atoms with Crippen molar-refractivity contribution in [3.05, 3.63) is 85.8 Å². The molecule has 2 aliphatic rings. The molecule has 5 rings (SSSR count). The van der Waals surface area contributed by atoms with E-state index in [0.29, 0.717) is 28.5 Å². The summed E-state index contributed by atoms with van der Waals surface area (Å²) < 4.78 is 18.3. The molecule has 0 radical (unpaired) electrons. The van der Waals surface area contributed by atoms with Crippen LogP contribution in [0.25, 0.3) is 6.08 Å². The largest absolute Gasteiger partial charge is 0.488 e. The summed E-state index contributed by atoms with van der Waals surface area (Å²) in [4.78, 5) is 39.5. The van der Waals surface area contributed by atoms with Gasteiger partial charge in [-0.15, -0.1) is 0 Å². The third-order valence-electron chi connectivity index (χ3n) is 5.60. The summed E-state index contributed by atoms with van der Waals surface area (Å²) in [7, 11) is 0. The van der Waals surface area contributed by atoms with Crippen molar-refractivity contribution < 1.29 is 28.6 Å². The van der Waals surface area contributed by atoms with Crippen LogP contribution in [0.5, 0.6) is 17.2 Å². The highest BCUT2D eigenvalue weighted by Crippen LogP contribution is 2.34. The fourth-order valence-corrected chi connectivity index (χ4v) is 4.40. The van der Waals surface area contributed by atoms with E-state index in [-0.39, 0.29) is 19.0 Å². The molecule has 2 aliphatic heterocycles. The maximum absolute atomic E-state index is 13.3. The lowest BCUT2D eigenvalue weighted by Crippen LogP contribution is -2.54. The van der Waals surface area contributed by atoms with Crippen molar-refractivity contribution in [2.75, 3.05) is 11.7 Å². The SMILES string of the molecule is Cc1cc(N2C(=O)NC(=O)/C(=C\c3cc(Br)ccc3OCc3ccc4c(c3)OCO4)C2=O)ccc1Br. The Kier molecular flexibility index (Phi) is 6.55. The van der Waals surface area contributed by atoms with Gasteiger partial charge < -0.3 is 14.2 Å². The van der Waals surface area contributed by atoms with Crippen molar-refractivity contribution in [3.63, 3.8) is 0 Å². The molecule has 2 heterocycles. The van der Waals surface area contributed by atoms with Gasteiger partial charge in [-0.05, 0) is 72.7 Å². The van der Waals surface area contributed by atoms with Gasteiger partial charge in [0, 0.05) is 14.5 Å². The van der Waals surface area contributed by atoms with Gasteiger partial charge in [0.25, 0.3) is 11.8 Å². The Morgan fingerprint density at radius 2 is 1.81 bits per heavy atom. The quantitative estimate of drug-likeness (QED) is 0.302. The van der Waals surface area contributed by atoms with E-state index in [1.54, 1.807) is 36.4 Å². The summed E-state index contributed by atoms with van der Waals surface area (Å²) in [5, 5.41) is 2.25. The number of halogens is 2. The molecule has 1 N–H and O–H groups in total. The molecule has 1 saturated heterocycles. The van der Waals surface area contributed by atoms with Crippen LogP contribution in [-0.4, -0.2) is 24.6 Å². The standard InChI is InChI=1S/C26H18Br2N2O6/c1-14-8-18(4-5-20(14)28)30-25(32)19(24(31)29-26(30)33)11-16-10-17(27)3-7-21(16)34-12-15-2-6-22-23(9-15)36-13-35-22/h2-11H,12-13H2,1H3,(H,29,31,33)/b19-11+. The van der Waals surface area contributed by atoms with Crippen LogP contribution in [0.3, 0.4) is 0 Å². The first kappa shape index (κ1) is 24.1. The van der Waals surface area contributed by atoms with E-state index in [0.717, 1.165) is 25.0 Å². The Morgan fingerprint density at radius 3 is 2.61 bits per heavy atom. The van der Waals surface area contributed by atoms with Crippen molar-refractivity contribution in [1.29, 1.82) is 0 Å². The number of urea groups is 1. The minimum absolute atomic E-state index is 0.180. The number of anilines is 1. The van der Waals surface area contributed by atoms with Crippen LogP contribution in [0.2, 0.25) is 0 Å². The Bertz CT molecular complexity index is 1450. The summed E-state index contributed by atoms with van der Waals surface area (Å²) in [6.45, 7) is 2.24. The van der Waals surface area contributed by atoms with Gasteiger partial charge in [-0.3, -0.25) is 14.9 Å². The molecule has 0 bridgehead atoms. The predicted molar refractivity (Wildman–Crippen MR) is 139 cm³/mol. The number of nitrogens with one attached hydrogen (secondary N) is 1. The zero-order valence-electron chi connectivity index (χ0n) is 18.8. The topological polar surface area (TPSA) is 94.2 Å². The first-order chi connectivity index (χ1) is 17.3. The molecule has 182 valence electrons. The number of amides is 4. The van der Waals surface area contributed by atoms with Crippen molar-refractivity contribution in [2.24, 2.45) is 0 Å². The number of ether oxygens (including phenoxy) is 3. The van der Waals surface area contributed by atoms with Crippen LogP contribution < -0.4 is 24.4 Å². The second-order valence-electron chi connectivity index (χ2n) is 8.05. The molecule has 3 aromatic rings. The van der Waals surface area contributed by atoms with Gasteiger partial charge in [-0.25, -0.2) is 9.69 Å². The number of nitrogens with zero attached hydrogens (tertiary/aromatic N) is 1. The molecule has 0 spiro atoms. The molecule has 8 nitrogen and oxygen atoms in total. The van der Waals surface area contributed by atoms with Crippen molar-refractivity contribution in [1.82, 2.24) is 5.32 Å². The van der Waals surface area contributed by atoms with E-state index in [1.807, 2.05) is 25.1 Å². The third kappa shape index (κ3) is 4.74. The monoisotopic (exact) mass is 612 g/mol. The van der Waals surface area contributed by atoms with Gasteiger partial charge in [0.1, 0.15) is 17.9 Å². The Hall–Kier alpha value is -3.63. The molecule has 0 aliphatic carbocycles. The highest BCUT2D eigenvalue weighted by Gasteiger charge is 2.37. The zero-order chi connectivity index (χ0) is 25.4. The number of fused-ring (bicyclic) bond motifs is 1. The minimum Gasteiger partial charge on any atom is -0.488 e. The molecule has 0 aromatic heterocycles. The second-order valence-corrected chi connectivity index (χ2v) is 9.82. The summed E-state index contributed by atoms with van der Waals surface area (Å²) >= 11 is 6.83. The predicted octanol–water partition coefficient (Wildman–Crippen LogP) is 5.49. The van der Waals surface area contributed by atoms with Crippen LogP contribution in [0, 0.1) is 6.92 Å². The fraction of sp³-hybridized carbons (Fsp3) is 0.115. The molecule has 3 aromatic carbocycles. The minimum atomic E-state index is -0.808. The molecule has 0 atom stereocenters. The number of barbiturate groups is 1. The van der Waals surface area contributed by atoms with Crippen LogP contribution >= 0.6 is 31.9 Å². The van der Waals surface area contributed by atoms with Gasteiger partial charge in [0.2, 0.25) is 6.79 Å². The number of hydrogen-bond donors (Lipinski definition) is 1. The van der Waals surface area contributed by atoms with Gasteiger partial charge in [0.05, 0.1) is 5.69 Å². The number of rotatable bonds is 5. The van der Waals surface area contributed by atoms with Crippen LogP contribution in [-0.2, 0) is 16.2 Å². The average molecular weight is 614 g/mol. The molecule has 1 fully saturated rings. The van der Waals surface area contributed by atoms with Gasteiger partial charge in [-0.1, -0.05) is 37.9 Å². The van der Waals surface area contributed by atoms with E-state index >= 15 is 0 Å². The van der Waals surface area contributed by atoms with Gasteiger partial charge in [-0.2, -0.15) is 0 Å². The summed E-state index contributed by atoms with van der Waals surface area (Å²) in [6.07, 6.45) is 1.42. The maximum Gasteiger partial charge on any atom is 0.335 e. The number of carbonyl (C=O) groups excluding carboxylic acids is 3. The second kappa shape index (κ2) is 9.79. The number of hydrogen-bond acceptors (Lipinski definition) is 6. The number of aryl methyl sites for hydroxylation is 1. The first-order valence-corrected chi connectivity index (χ1v) is 12.4. The number of benzene rings is 3. The number of carbonyl (C=O) groups is 3.